The van der Waals surface area contributed by atoms with Crippen LogP contribution in [0.15, 0.2) is 90.9 Å². The molecule has 36 N–H and O–H groups in total. The Hall–Kier alpha value is -11.1. The third-order valence-corrected chi connectivity index (χ3v) is 14.6. The standard InChI is InChI=1S/C58H94N28O9/c59-35(27-31-29-78-36-13-3-1-11-33(31)36)45(87)86-44(28-32-30-79-37-14-4-2-12-34(32)37)51(93)84-41(18-8-24-75-56(66)67)49(91)82-39(16-6-22-73-54(62)63)47(89)80-38(15-5-21-72-53(60)61)46(88)81-40(17-7-23-74-55(64)65)48(90)83-42(19-9-25-76-57(68)69)50(92)85-43(52(94)95)20-10-26-77-58(70)71/h1-4,11-14,29-30,35,38-44,78-79H,5-10,15-28,59H2,(H,80,89)(H,81,88)(H,82,91)(H,83,90)(H,84,93)(H,85,92)(H,86,87)(H,94,95)(H4,60,61,72)(H4,62,63,73)(H4,64,65,74)(H4,66,67,75)(H4,68,69,76)(H4,70,71,77)/t35-,38-,39-,40-,41-,42-,43-,44-/m0/s1. The van der Waals surface area contributed by atoms with Crippen LogP contribution in [0.2, 0.25) is 0 Å². The van der Waals surface area contributed by atoms with Gasteiger partial charge in [-0.2, -0.15) is 0 Å². The minimum atomic E-state index is -1.51. The lowest BCUT2D eigenvalue weighted by Gasteiger charge is -2.28. The second kappa shape index (κ2) is 40.0. The van der Waals surface area contributed by atoms with Crippen LogP contribution in [0, 0.1) is 0 Å². The van der Waals surface area contributed by atoms with Crippen LogP contribution in [0.5, 0.6) is 0 Å². The molecule has 7 amide bonds. The largest absolute Gasteiger partial charge is 0.480 e. The second-order valence-electron chi connectivity index (χ2n) is 22.2. The van der Waals surface area contributed by atoms with Crippen LogP contribution in [0.4, 0.5) is 0 Å². The zero-order valence-corrected chi connectivity index (χ0v) is 52.9. The Morgan fingerprint density at radius 2 is 0.589 bits per heavy atom. The molecule has 0 saturated carbocycles. The van der Waals surface area contributed by atoms with Gasteiger partial charge in [-0.05, 0) is 107 Å². The van der Waals surface area contributed by atoms with Gasteiger partial charge in [-0.1, -0.05) is 36.4 Å². The lowest BCUT2D eigenvalue weighted by atomic mass is 10.0. The van der Waals surface area contributed by atoms with Crippen molar-refractivity contribution in [1.82, 2.24) is 47.2 Å². The average Bonchev–Trinajstić information content (AvgIpc) is 1.75. The number of fused-ring (bicyclic) bond motifs is 2. The molecule has 95 heavy (non-hydrogen) atoms. The monoisotopic (exact) mass is 1330 g/mol. The molecular weight excluding hydrogens is 1230 g/mol. The number of carboxylic acids is 1. The Morgan fingerprint density at radius 3 is 0.874 bits per heavy atom. The van der Waals surface area contributed by atoms with Crippen LogP contribution in [-0.2, 0) is 51.2 Å². The Bertz CT molecular complexity index is 3370. The summed E-state index contributed by atoms with van der Waals surface area (Å²) in [7, 11) is 0. The van der Waals surface area contributed by atoms with Gasteiger partial charge in [-0.15, -0.1) is 0 Å². The third kappa shape index (κ3) is 28.1. The maximum atomic E-state index is 14.8. The lowest BCUT2D eigenvalue weighted by molar-refractivity contribution is -0.142. The average molecular weight is 1330 g/mol. The minimum Gasteiger partial charge on any atom is -0.480 e. The molecule has 0 saturated heterocycles. The predicted molar refractivity (Wildman–Crippen MR) is 363 cm³/mol. The molecule has 0 aliphatic carbocycles. The molecule has 0 bridgehead atoms. The van der Waals surface area contributed by atoms with Gasteiger partial charge in [0.1, 0.15) is 42.3 Å². The summed E-state index contributed by atoms with van der Waals surface area (Å²) in [5, 5.41) is 30.4. The topological polar surface area (TPSA) is 685 Å². The number of H-pyrrole nitrogens is 2. The van der Waals surface area contributed by atoms with E-state index in [-0.39, 0.29) is 165 Å². The molecule has 0 aliphatic rings. The second-order valence-corrected chi connectivity index (χ2v) is 22.2. The van der Waals surface area contributed by atoms with Crippen LogP contribution in [0.3, 0.4) is 0 Å². The molecule has 2 aromatic carbocycles. The summed E-state index contributed by atoms with van der Waals surface area (Å²) in [6, 6.07) is 3.52. The number of carbonyl (C=O) groups is 8. The normalized spacial score (nSPS) is 13.4. The van der Waals surface area contributed by atoms with E-state index in [9.17, 15) is 43.5 Å². The van der Waals surface area contributed by atoms with Gasteiger partial charge in [-0.25, -0.2) is 4.79 Å². The van der Waals surface area contributed by atoms with Gasteiger partial charge in [0.05, 0.1) is 6.04 Å². The zero-order valence-electron chi connectivity index (χ0n) is 52.9. The fraction of sp³-hybridized carbons (Fsp3) is 0.483. The van der Waals surface area contributed by atoms with Gasteiger partial charge in [0.15, 0.2) is 35.8 Å². The van der Waals surface area contributed by atoms with E-state index >= 15 is 0 Å². The van der Waals surface area contributed by atoms with E-state index in [4.69, 9.17) is 74.5 Å². The van der Waals surface area contributed by atoms with Crippen molar-refractivity contribution < 1.29 is 43.5 Å². The minimum absolute atomic E-state index is 0.00351. The van der Waals surface area contributed by atoms with Crippen molar-refractivity contribution in [2.24, 2.45) is 104 Å². The van der Waals surface area contributed by atoms with Crippen LogP contribution >= 0.6 is 0 Å². The summed E-state index contributed by atoms with van der Waals surface area (Å²) < 4.78 is 0. The van der Waals surface area contributed by atoms with E-state index in [0.717, 1.165) is 27.4 Å². The zero-order chi connectivity index (χ0) is 70.0. The SMILES string of the molecule is NC(N)=NCCC[C@H](NC(=O)[C@H](CCCN=C(N)N)NC(=O)[C@H](CCCN=C(N)N)NC(=O)[C@H](CCCN=C(N)N)NC(=O)[C@H](CCCN=C(N)N)NC(=O)[C@H](CCCN=C(N)N)NC(=O)[C@H](Cc1c[nH]c2ccccc12)NC(=O)[C@@H](N)Cc1c[nH]c2ccccc12)C(=O)O. The van der Waals surface area contributed by atoms with Gasteiger partial charge < -0.3 is 127 Å². The number of benzene rings is 2. The molecule has 520 valence electrons. The molecule has 2 heterocycles. The number of hydrogen-bond donors (Lipinski definition) is 23. The number of carboxylic acid groups (broad SMARTS) is 1. The van der Waals surface area contributed by atoms with Crippen molar-refractivity contribution in [3.8, 4) is 0 Å². The van der Waals surface area contributed by atoms with Crippen LogP contribution < -0.4 is 112 Å². The van der Waals surface area contributed by atoms with Crippen LogP contribution in [0.25, 0.3) is 21.8 Å². The molecule has 0 fully saturated rings. The molecule has 8 atom stereocenters. The molecule has 2 aromatic heterocycles. The smallest absolute Gasteiger partial charge is 0.326 e. The number of nitrogens with zero attached hydrogens (tertiary/aromatic N) is 6. The van der Waals surface area contributed by atoms with Crippen molar-refractivity contribution >= 4 is 105 Å². The number of nitrogens with one attached hydrogen (secondary N) is 9. The lowest BCUT2D eigenvalue weighted by Crippen LogP contribution is -2.60. The third-order valence-electron chi connectivity index (χ3n) is 14.6. The van der Waals surface area contributed by atoms with E-state index in [1.807, 2.05) is 48.5 Å². The molecule has 0 radical (unpaired) electrons. The van der Waals surface area contributed by atoms with Gasteiger partial charge >= 0.3 is 5.97 Å². The maximum absolute atomic E-state index is 14.8. The highest BCUT2D eigenvalue weighted by molar-refractivity contribution is 5.98. The highest BCUT2D eigenvalue weighted by Gasteiger charge is 2.35. The Morgan fingerprint density at radius 1 is 0.347 bits per heavy atom. The molecule has 0 unspecified atom stereocenters. The number of aliphatic carboxylic acids is 1. The summed E-state index contributed by atoms with van der Waals surface area (Å²) in [5.74, 6) is -8.97. The number of aliphatic imine (C=N–C) groups is 6. The fourth-order valence-corrected chi connectivity index (χ4v) is 9.90. The molecule has 4 rings (SSSR count). The summed E-state index contributed by atoms with van der Waals surface area (Å²) in [6.07, 6.45) is 3.17. The van der Waals surface area contributed by atoms with E-state index in [1.54, 1.807) is 12.4 Å². The maximum Gasteiger partial charge on any atom is 0.326 e. The molecule has 37 nitrogen and oxygen atoms in total. The van der Waals surface area contributed by atoms with Crippen molar-refractivity contribution in [3.05, 3.63) is 72.1 Å². The first kappa shape index (κ1) is 76.3. The van der Waals surface area contributed by atoms with Gasteiger partial charge in [0.2, 0.25) is 41.4 Å². The first-order valence-corrected chi connectivity index (χ1v) is 30.8. The Labute approximate surface area is 547 Å². The number of carbonyl (C=O) groups excluding carboxylic acids is 7. The molecule has 0 aliphatic heterocycles. The quantitative estimate of drug-likeness (QED) is 0.0111. The highest BCUT2D eigenvalue weighted by atomic mass is 16.4. The molecule has 4 aromatic rings. The number of guanidine groups is 6. The van der Waals surface area contributed by atoms with Gasteiger partial charge in [-0.3, -0.25) is 63.5 Å². The molecular formula is C58H94N28O9. The fourth-order valence-electron chi connectivity index (χ4n) is 9.90. The van der Waals surface area contributed by atoms with E-state index < -0.39 is 95.7 Å². The van der Waals surface area contributed by atoms with E-state index in [2.05, 4.69) is 77.1 Å². The summed E-state index contributed by atoms with van der Waals surface area (Å²) in [4.78, 5) is 144. The van der Waals surface area contributed by atoms with Gasteiger partial charge in [0.25, 0.3) is 0 Å². The number of amides is 7. The number of rotatable bonds is 43. The van der Waals surface area contributed by atoms with E-state index in [0.29, 0.717) is 5.56 Å². The first-order valence-electron chi connectivity index (χ1n) is 30.8. The predicted octanol–water partition coefficient (Wildman–Crippen LogP) is -6.44. The number of aromatic amines is 2. The van der Waals surface area contributed by atoms with Crippen molar-refractivity contribution in [1.29, 1.82) is 0 Å². The number of nitrogens with two attached hydrogens (primary N) is 13. The number of para-hydroxylation sites is 2. The van der Waals surface area contributed by atoms with Crippen molar-refractivity contribution in [2.75, 3.05) is 39.3 Å². The Balaban J connectivity index is 1.70. The first-order chi connectivity index (χ1) is 45.2. The summed E-state index contributed by atoms with van der Waals surface area (Å²) in [5.41, 5.74) is 76.3. The van der Waals surface area contributed by atoms with Crippen LogP contribution in [-0.4, -0.2) is 186 Å². The Kier molecular flexibility index (Phi) is 32.1. The molecule has 0 spiro atoms. The van der Waals surface area contributed by atoms with E-state index in [1.165, 1.54) is 0 Å². The summed E-state index contributed by atoms with van der Waals surface area (Å²) >= 11 is 0. The van der Waals surface area contributed by atoms with Crippen molar-refractivity contribution in [3.63, 3.8) is 0 Å². The summed E-state index contributed by atoms with van der Waals surface area (Å²) in [6.45, 7) is -0.0263. The number of aromatic nitrogens is 2. The molecule has 37 heteroatoms. The van der Waals surface area contributed by atoms with Gasteiger partial charge in [0, 0.05) is 79.9 Å². The van der Waals surface area contributed by atoms with Crippen molar-refractivity contribution in [2.45, 2.75) is 138 Å². The number of hydrogen-bond acceptors (Lipinski definition) is 15. The highest BCUT2D eigenvalue weighted by Crippen LogP contribution is 2.22. The van der Waals surface area contributed by atoms with Crippen LogP contribution in [0.1, 0.15) is 88.2 Å².